The molecule has 0 bridgehead atoms. The molecule has 2 aromatic rings. The smallest absolute Gasteiger partial charge is 0.228 e. The standard InChI is InChI=1S/C15H18N2O3/c1-10(2)15(19)8-17(9-15)14(18)7-12-11-5-3-4-6-13(11)20-16-12/h3-6,10,19H,7-9H2,1-2H3. The maximum atomic E-state index is 12.2. The first-order chi connectivity index (χ1) is 9.49. The topological polar surface area (TPSA) is 66.6 Å². The van der Waals surface area contributed by atoms with E-state index in [0.717, 1.165) is 5.39 Å². The average molecular weight is 274 g/mol. The highest BCUT2D eigenvalue weighted by Gasteiger charge is 2.45. The van der Waals surface area contributed by atoms with Gasteiger partial charge in [0.15, 0.2) is 5.58 Å². The first-order valence-corrected chi connectivity index (χ1v) is 6.83. The quantitative estimate of drug-likeness (QED) is 0.923. The van der Waals surface area contributed by atoms with E-state index < -0.39 is 5.60 Å². The second kappa shape index (κ2) is 4.59. The second-order valence-electron chi connectivity index (χ2n) is 5.81. The van der Waals surface area contributed by atoms with E-state index in [2.05, 4.69) is 5.16 Å². The van der Waals surface area contributed by atoms with Crippen LogP contribution in [0.25, 0.3) is 11.0 Å². The van der Waals surface area contributed by atoms with Gasteiger partial charge in [-0.15, -0.1) is 0 Å². The summed E-state index contributed by atoms with van der Waals surface area (Å²) in [7, 11) is 0. The van der Waals surface area contributed by atoms with E-state index in [0.29, 0.717) is 24.4 Å². The Kier molecular flexibility index (Phi) is 3.01. The summed E-state index contributed by atoms with van der Waals surface area (Å²) >= 11 is 0. The van der Waals surface area contributed by atoms with Crippen molar-refractivity contribution in [2.75, 3.05) is 13.1 Å². The fourth-order valence-electron chi connectivity index (χ4n) is 2.48. The van der Waals surface area contributed by atoms with Gasteiger partial charge in [0.25, 0.3) is 0 Å². The molecule has 5 nitrogen and oxygen atoms in total. The van der Waals surface area contributed by atoms with Crippen LogP contribution in [-0.4, -0.2) is 39.8 Å². The summed E-state index contributed by atoms with van der Waals surface area (Å²) in [5.74, 6) is 0.133. The van der Waals surface area contributed by atoms with Crippen molar-refractivity contribution in [3.8, 4) is 0 Å². The summed E-state index contributed by atoms with van der Waals surface area (Å²) < 4.78 is 5.19. The summed E-state index contributed by atoms with van der Waals surface area (Å²) in [6, 6.07) is 7.50. The van der Waals surface area contributed by atoms with Crippen LogP contribution in [0.1, 0.15) is 19.5 Å². The zero-order valence-corrected chi connectivity index (χ0v) is 11.7. The Morgan fingerprint density at radius 3 is 2.85 bits per heavy atom. The molecule has 0 radical (unpaired) electrons. The third-order valence-corrected chi connectivity index (χ3v) is 4.13. The highest BCUT2D eigenvalue weighted by atomic mass is 16.5. The molecule has 1 N–H and O–H groups in total. The fourth-order valence-corrected chi connectivity index (χ4v) is 2.48. The van der Waals surface area contributed by atoms with E-state index in [1.54, 1.807) is 4.90 Å². The molecule has 1 fully saturated rings. The minimum Gasteiger partial charge on any atom is -0.386 e. The number of carbonyl (C=O) groups excluding carboxylic acids is 1. The SMILES string of the molecule is CC(C)C1(O)CN(C(=O)Cc2noc3ccccc23)C1. The number of para-hydroxylation sites is 1. The lowest BCUT2D eigenvalue weighted by atomic mass is 9.83. The molecule has 1 aliphatic rings. The van der Waals surface area contributed by atoms with Crippen LogP contribution in [0.4, 0.5) is 0 Å². The van der Waals surface area contributed by atoms with Gasteiger partial charge in [0, 0.05) is 5.39 Å². The van der Waals surface area contributed by atoms with E-state index in [4.69, 9.17) is 4.52 Å². The molecule has 1 aromatic carbocycles. The van der Waals surface area contributed by atoms with Crippen LogP contribution in [-0.2, 0) is 11.2 Å². The molecule has 0 unspecified atom stereocenters. The van der Waals surface area contributed by atoms with E-state index in [1.165, 1.54) is 0 Å². The summed E-state index contributed by atoms with van der Waals surface area (Å²) in [6.07, 6.45) is 0.213. The summed E-state index contributed by atoms with van der Waals surface area (Å²) in [5.41, 5.74) is 0.616. The molecule has 1 amide bonds. The average Bonchev–Trinajstić information content (AvgIpc) is 2.78. The molecule has 0 spiro atoms. The Bertz CT molecular complexity index is 641. The lowest BCUT2D eigenvalue weighted by molar-refractivity contribution is -0.163. The minimum absolute atomic E-state index is 0.0191. The number of nitrogens with zero attached hydrogens (tertiary/aromatic N) is 2. The summed E-state index contributed by atoms with van der Waals surface area (Å²) in [4.78, 5) is 13.8. The number of amides is 1. The summed E-state index contributed by atoms with van der Waals surface area (Å²) in [6.45, 7) is 4.73. The van der Waals surface area contributed by atoms with Crippen LogP contribution >= 0.6 is 0 Å². The molecule has 1 saturated heterocycles. The number of hydrogen-bond donors (Lipinski definition) is 1. The highest BCUT2D eigenvalue weighted by Crippen LogP contribution is 2.29. The minimum atomic E-state index is -0.735. The number of likely N-dealkylation sites (tertiary alicyclic amines) is 1. The molecule has 1 aromatic heterocycles. The maximum absolute atomic E-state index is 12.2. The first kappa shape index (κ1) is 13.1. The molecular formula is C15H18N2O3. The Hall–Kier alpha value is -1.88. The van der Waals surface area contributed by atoms with Crippen LogP contribution in [0.15, 0.2) is 28.8 Å². The first-order valence-electron chi connectivity index (χ1n) is 6.83. The molecule has 0 saturated carbocycles. The van der Waals surface area contributed by atoms with Crippen LogP contribution in [0, 0.1) is 5.92 Å². The molecule has 2 heterocycles. The van der Waals surface area contributed by atoms with Crippen molar-refractivity contribution in [3.05, 3.63) is 30.0 Å². The molecule has 106 valence electrons. The van der Waals surface area contributed by atoms with E-state index in [-0.39, 0.29) is 18.2 Å². The van der Waals surface area contributed by atoms with Gasteiger partial charge in [0.2, 0.25) is 5.91 Å². The van der Waals surface area contributed by atoms with Crippen molar-refractivity contribution in [3.63, 3.8) is 0 Å². The second-order valence-corrected chi connectivity index (χ2v) is 5.81. The highest BCUT2D eigenvalue weighted by molar-refractivity contribution is 5.86. The molecule has 3 rings (SSSR count). The number of β-amino-alcohol motifs (C(OH)–C–C–N with tert-alkyl or cyclic N) is 1. The molecular weight excluding hydrogens is 256 g/mol. The van der Waals surface area contributed by atoms with Gasteiger partial charge < -0.3 is 14.5 Å². The number of benzene rings is 1. The van der Waals surface area contributed by atoms with Gasteiger partial charge in [-0.1, -0.05) is 31.1 Å². The van der Waals surface area contributed by atoms with Crippen molar-refractivity contribution in [1.82, 2.24) is 10.1 Å². The van der Waals surface area contributed by atoms with E-state index >= 15 is 0 Å². The Labute approximate surface area is 117 Å². The Balaban J connectivity index is 1.69. The van der Waals surface area contributed by atoms with Crippen molar-refractivity contribution in [2.24, 2.45) is 5.92 Å². The van der Waals surface area contributed by atoms with Gasteiger partial charge in [-0.3, -0.25) is 4.79 Å². The number of hydrogen-bond acceptors (Lipinski definition) is 4. The number of rotatable bonds is 3. The van der Waals surface area contributed by atoms with Crippen molar-refractivity contribution in [2.45, 2.75) is 25.9 Å². The third-order valence-electron chi connectivity index (χ3n) is 4.13. The fraction of sp³-hybridized carbons (Fsp3) is 0.467. The molecule has 0 atom stereocenters. The predicted octanol–water partition coefficient (Wildman–Crippen LogP) is 1.60. The third kappa shape index (κ3) is 2.08. The van der Waals surface area contributed by atoms with Gasteiger partial charge in [-0.2, -0.15) is 0 Å². The molecule has 0 aliphatic carbocycles. The number of fused-ring (bicyclic) bond motifs is 1. The maximum Gasteiger partial charge on any atom is 0.228 e. The van der Waals surface area contributed by atoms with Gasteiger partial charge in [0.05, 0.1) is 19.5 Å². The molecule has 5 heteroatoms. The van der Waals surface area contributed by atoms with Crippen molar-refractivity contribution < 1.29 is 14.4 Å². The van der Waals surface area contributed by atoms with Crippen LogP contribution in [0.5, 0.6) is 0 Å². The van der Waals surface area contributed by atoms with E-state index in [9.17, 15) is 9.90 Å². The van der Waals surface area contributed by atoms with Crippen molar-refractivity contribution in [1.29, 1.82) is 0 Å². The van der Waals surface area contributed by atoms with Gasteiger partial charge in [-0.25, -0.2) is 0 Å². The zero-order valence-electron chi connectivity index (χ0n) is 11.7. The lowest BCUT2D eigenvalue weighted by Crippen LogP contribution is -2.66. The van der Waals surface area contributed by atoms with E-state index in [1.807, 2.05) is 38.1 Å². The monoisotopic (exact) mass is 274 g/mol. The van der Waals surface area contributed by atoms with Crippen LogP contribution < -0.4 is 0 Å². The molecule has 20 heavy (non-hydrogen) atoms. The van der Waals surface area contributed by atoms with Crippen molar-refractivity contribution >= 4 is 16.9 Å². The van der Waals surface area contributed by atoms with Crippen LogP contribution in [0.2, 0.25) is 0 Å². The number of aliphatic hydroxyl groups is 1. The van der Waals surface area contributed by atoms with Gasteiger partial charge in [0.1, 0.15) is 11.3 Å². The summed E-state index contributed by atoms with van der Waals surface area (Å²) in [5, 5.41) is 15.0. The van der Waals surface area contributed by atoms with Crippen LogP contribution in [0.3, 0.4) is 0 Å². The lowest BCUT2D eigenvalue weighted by Gasteiger charge is -2.49. The Morgan fingerprint density at radius 1 is 1.45 bits per heavy atom. The largest absolute Gasteiger partial charge is 0.386 e. The molecule has 1 aliphatic heterocycles. The normalized spacial score (nSPS) is 17.5. The number of aromatic nitrogens is 1. The zero-order chi connectivity index (χ0) is 14.3. The predicted molar refractivity (Wildman–Crippen MR) is 74.1 cm³/mol. The van der Waals surface area contributed by atoms with Gasteiger partial charge in [-0.05, 0) is 18.1 Å². The number of carbonyl (C=O) groups is 1. The Morgan fingerprint density at radius 2 is 2.15 bits per heavy atom. The van der Waals surface area contributed by atoms with Gasteiger partial charge >= 0.3 is 0 Å².